The maximum Gasteiger partial charge on any atom is 0.418 e. The van der Waals surface area contributed by atoms with Crippen molar-refractivity contribution >= 4 is 34.1 Å². The molecule has 9 nitrogen and oxygen atoms in total. The van der Waals surface area contributed by atoms with E-state index < -0.39 is 11.7 Å². The van der Waals surface area contributed by atoms with Crippen molar-refractivity contribution in [3.05, 3.63) is 41.6 Å². The summed E-state index contributed by atoms with van der Waals surface area (Å²) in [7, 11) is 5.21. The van der Waals surface area contributed by atoms with Crippen LogP contribution in [0.5, 0.6) is 5.75 Å². The van der Waals surface area contributed by atoms with Crippen molar-refractivity contribution in [1.82, 2.24) is 24.7 Å². The number of anilines is 3. The summed E-state index contributed by atoms with van der Waals surface area (Å²) >= 11 is 0. The van der Waals surface area contributed by atoms with Gasteiger partial charge in [0.25, 0.3) is 5.91 Å². The van der Waals surface area contributed by atoms with Gasteiger partial charge in [-0.15, -0.1) is 0 Å². The third-order valence-corrected chi connectivity index (χ3v) is 7.73. The molecule has 0 spiro atoms. The molecule has 0 bridgehead atoms. The summed E-state index contributed by atoms with van der Waals surface area (Å²) in [4.78, 5) is 27.0. The molecule has 1 amide bonds. The van der Waals surface area contributed by atoms with Gasteiger partial charge in [-0.3, -0.25) is 9.69 Å². The van der Waals surface area contributed by atoms with Crippen molar-refractivity contribution in [2.45, 2.75) is 25.1 Å². The molecule has 2 saturated heterocycles. The molecule has 210 valence electrons. The number of rotatable bonds is 6. The molecule has 0 unspecified atom stereocenters. The van der Waals surface area contributed by atoms with Crippen LogP contribution in [0.25, 0.3) is 11.0 Å². The van der Waals surface area contributed by atoms with E-state index in [0.29, 0.717) is 41.9 Å². The highest BCUT2D eigenvalue weighted by molar-refractivity contribution is 5.96. The van der Waals surface area contributed by atoms with E-state index >= 15 is 0 Å². The number of ether oxygens (including phenoxy) is 1. The van der Waals surface area contributed by atoms with Gasteiger partial charge in [-0.2, -0.15) is 13.2 Å². The number of fused-ring (bicyclic) bond motifs is 1. The summed E-state index contributed by atoms with van der Waals surface area (Å²) in [6, 6.07) is 7.17. The second-order valence-electron chi connectivity index (χ2n) is 10.1. The number of likely N-dealkylation sites (N-methyl/N-ethyl adjacent to an activating group) is 1. The Morgan fingerprint density at radius 3 is 2.44 bits per heavy atom. The van der Waals surface area contributed by atoms with Crippen LogP contribution in [0, 0.1) is 0 Å². The van der Waals surface area contributed by atoms with Crippen molar-refractivity contribution in [3.63, 3.8) is 0 Å². The van der Waals surface area contributed by atoms with Gasteiger partial charge in [-0.25, -0.2) is 4.98 Å². The summed E-state index contributed by atoms with van der Waals surface area (Å²) in [5, 5.41) is 5.91. The van der Waals surface area contributed by atoms with Gasteiger partial charge >= 0.3 is 6.18 Å². The van der Waals surface area contributed by atoms with Crippen molar-refractivity contribution < 1.29 is 22.7 Å². The molecule has 0 radical (unpaired) electrons. The molecule has 2 aliphatic rings. The van der Waals surface area contributed by atoms with Gasteiger partial charge in [0, 0.05) is 75.9 Å². The number of halogens is 3. The highest BCUT2D eigenvalue weighted by Crippen LogP contribution is 2.39. The number of hydrogen-bond donors (Lipinski definition) is 3. The Hall–Kier alpha value is -3.51. The normalized spacial score (nSPS) is 17.9. The van der Waals surface area contributed by atoms with Crippen molar-refractivity contribution in [2.24, 2.45) is 0 Å². The molecule has 2 aromatic heterocycles. The van der Waals surface area contributed by atoms with Gasteiger partial charge in [0.05, 0.1) is 23.7 Å². The molecule has 0 saturated carbocycles. The fraction of sp³-hybridized carbons (Fsp3) is 0.481. The summed E-state index contributed by atoms with van der Waals surface area (Å²) in [6.07, 6.45) is -1.67. The molecule has 3 aromatic rings. The van der Waals surface area contributed by atoms with Gasteiger partial charge < -0.3 is 30.2 Å². The minimum Gasteiger partial charge on any atom is -0.495 e. The van der Waals surface area contributed by atoms with Crippen LogP contribution >= 0.6 is 0 Å². The Kier molecular flexibility index (Phi) is 7.59. The van der Waals surface area contributed by atoms with Crippen LogP contribution in [0.2, 0.25) is 0 Å². The molecular formula is C27H34F3N7O2. The van der Waals surface area contributed by atoms with Gasteiger partial charge in [0.2, 0.25) is 0 Å². The topological polar surface area (TPSA) is 88.8 Å². The Morgan fingerprint density at radius 2 is 1.79 bits per heavy atom. The molecule has 4 heterocycles. The molecule has 0 aliphatic carbocycles. The quantitative estimate of drug-likeness (QED) is 0.427. The first-order valence-electron chi connectivity index (χ1n) is 13.1. The van der Waals surface area contributed by atoms with Crippen LogP contribution in [0.3, 0.4) is 0 Å². The van der Waals surface area contributed by atoms with Crippen molar-refractivity contribution in [3.8, 4) is 5.75 Å². The van der Waals surface area contributed by atoms with Crippen LogP contribution in [-0.2, 0) is 6.18 Å². The predicted octanol–water partition coefficient (Wildman–Crippen LogP) is 4.23. The maximum absolute atomic E-state index is 13.4. The maximum atomic E-state index is 13.4. The number of carbonyl (C=O) groups excluding carboxylic acids is 1. The van der Waals surface area contributed by atoms with Crippen LogP contribution in [0.4, 0.5) is 30.4 Å². The van der Waals surface area contributed by atoms with E-state index in [2.05, 4.69) is 37.4 Å². The van der Waals surface area contributed by atoms with E-state index in [1.54, 1.807) is 25.2 Å². The second kappa shape index (κ2) is 10.9. The number of piperazine rings is 1. The zero-order valence-electron chi connectivity index (χ0n) is 22.4. The van der Waals surface area contributed by atoms with E-state index in [1.165, 1.54) is 13.2 Å². The number of likely N-dealkylation sites (tertiary alicyclic amines) is 1. The number of amides is 1. The fourth-order valence-electron chi connectivity index (χ4n) is 5.49. The van der Waals surface area contributed by atoms with Crippen molar-refractivity contribution in [1.29, 1.82) is 0 Å². The number of nitrogens with zero attached hydrogens (tertiary/aromatic N) is 4. The molecule has 5 rings (SSSR count). The average Bonchev–Trinajstić information content (AvgIpc) is 3.38. The Labute approximate surface area is 225 Å². The van der Waals surface area contributed by atoms with E-state index in [9.17, 15) is 18.0 Å². The molecule has 2 aliphatic heterocycles. The first-order valence-corrected chi connectivity index (χ1v) is 13.1. The molecule has 39 heavy (non-hydrogen) atoms. The highest BCUT2D eigenvalue weighted by Gasteiger charge is 2.35. The summed E-state index contributed by atoms with van der Waals surface area (Å²) < 4.78 is 45.8. The highest BCUT2D eigenvalue weighted by atomic mass is 19.4. The first kappa shape index (κ1) is 27.1. The predicted molar refractivity (Wildman–Crippen MR) is 145 cm³/mol. The molecular weight excluding hydrogens is 511 g/mol. The largest absolute Gasteiger partial charge is 0.495 e. The lowest BCUT2D eigenvalue weighted by atomic mass is 10.0. The van der Waals surface area contributed by atoms with Gasteiger partial charge in [-0.1, -0.05) is 0 Å². The zero-order valence-corrected chi connectivity index (χ0v) is 22.4. The summed E-state index contributed by atoms with van der Waals surface area (Å²) in [6.45, 7) is 5.74. The lowest BCUT2D eigenvalue weighted by molar-refractivity contribution is -0.136. The number of carbonyl (C=O) groups is 1. The lowest BCUT2D eigenvalue weighted by Crippen LogP contribution is -2.52. The minimum atomic E-state index is -4.51. The van der Waals surface area contributed by atoms with Crippen molar-refractivity contribution in [2.75, 3.05) is 71.1 Å². The van der Waals surface area contributed by atoms with E-state index in [-0.39, 0.29) is 22.6 Å². The van der Waals surface area contributed by atoms with E-state index in [1.807, 2.05) is 4.90 Å². The first-order chi connectivity index (χ1) is 18.7. The number of nitrogens with one attached hydrogen (secondary N) is 3. The second-order valence-corrected chi connectivity index (χ2v) is 10.1. The number of aromatic amines is 1. The van der Waals surface area contributed by atoms with Crippen LogP contribution in [-0.4, -0.2) is 97.1 Å². The number of hydrogen-bond acceptors (Lipinski definition) is 7. The van der Waals surface area contributed by atoms with Gasteiger partial charge in [0.15, 0.2) is 0 Å². The Balaban J connectivity index is 1.29. The molecule has 2 fully saturated rings. The number of alkyl halides is 3. The Morgan fingerprint density at radius 1 is 1.08 bits per heavy atom. The van der Waals surface area contributed by atoms with Gasteiger partial charge in [0.1, 0.15) is 17.2 Å². The average molecular weight is 546 g/mol. The monoisotopic (exact) mass is 545 g/mol. The molecule has 3 N–H and O–H groups in total. The van der Waals surface area contributed by atoms with Gasteiger partial charge in [-0.05, 0) is 38.1 Å². The van der Waals surface area contributed by atoms with E-state index in [4.69, 9.17) is 4.74 Å². The number of H-pyrrole nitrogens is 1. The van der Waals surface area contributed by atoms with Crippen LogP contribution in [0.1, 0.15) is 28.8 Å². The minimum absolute atomic E-state index is 0.0279. The zero-order chi connectivity index (χ0) is 27.7. The fourth-order valence-corrected chi connectivity index (χ4v) is 5.49. The number of methoxy groups -OCH3 is 1. The summed E-state index contributed by atoms with van der Waals surface area (Å²) in [5.74, 6) is 0.717. The van der Waals surface area contributed by atoms with Crippen LogP contribution in [0.15, 0.2) is 30.5 Å². The molecule has 0 atom stereocenters. The SMILES string of the molecule is CNc1cc(Nc2ccc(C(=O)N3CCC(N4CCN(C)CC4)CC3)cc2OC)nc2[nH]cc(C(F)(F)F)c12. The van der Waals surface area contributed by atoms with Crippen LogP contribution < -0.4 is 15.4 Å². The lowest BCUT2D eigenvalue weighted by Gasteiger charge is -2.42. The number of benzene rings is 1. The van der Waals surface area contributed by atoms with E-state index in [0.717, 1.165) is 45.2 Å². The Bertz CT molecular complexity index is 1330. The number of piperidine rings is 1. The standard InChI is InChI=1S/C27H34F3N7O2/c1-31-21-15-23(34-25-24(21)19(16-32-25)27(28,29)30)33-20-5-4-17(14-22(20)39-3)26(38)37-8-6-18(7-9-37)36-12-10-35(2)11-13-36/h4-5,14-16,18H,6-13H2,1-3H3,(H3,31,32,33,34). The summed E-state index contributed by atoms with van der Waals surface area (Å²) in [5.41, 5.74) is 0.659. The number of pyridine rings is 1. The molecule has 1 aromatic carbocycles. The smallest absolute Gasteiger partial charge is 0.418 e. The third kappa shape index (κ3) is 5.62. The molecule has 12 heteroatoms. The number of aromatic nitrogens is 2. The third-order valence-electron chi connectivity index (χ3n) is 7.73.